The summed E-state index contributed by atoms with van der Waals surface area (Å²) in [5, 5.41) is 4.07. The summed E-state index contributed by atoms with van der Waals surface area (Å²) in [7, 11) is 1.44. The average molecular weight is 459 g/mol. The highest BCUT2D eigenvalue weighted by Gasteiger charge is 2.51. The summed E-state index contributed by atoms with van der Waals surface area (Å²) in [6, 6.07) is 17.5. The van der Waals surface area contributed by atoms with Crippen LogP contribution < -0.4 is 10.1 Å². The minimum Gasteiger partial charge on any atom is -0.469 e. The van der Waals surface area contributed by atoms with Crippen LogP contribution in [0.15, 0.2) is 58.4 Å². The summed E-state index contributed by atoms with van der Waals surface area (Å²) < 4.78 is 11.7. The Labute approximate surface area is 175 Å². The van der Waals surface area contributed by atoms with Gasteiger partial charge in [0.1, 0.15) is 11.5 Å². The van der Waals surface area contributed by atoms with E-state index in [4.69, 9.17) is 9.47 Å². The van der Waals surface area contributed by atoms with Crippen molar-refractivity contribution in [2.24, 2.45) is 5.41 Å². The van der Waals surface area contributed by atoms with Crippen LogP contribution in [0, 0.1) is 5.41 Å². The molecule has 3 aromatic rings. The molecule has 4 rings (SSSR count). The molecule has 1 aliphatic carbocycles. The standard InChI is InChI=1S/C21H19BrN2O3S/c1-26-19(25)21(11-12-21)13-23-20-24-17(18(22)28-20)14-7-9-16(10-8-14)27-15-5-3-2-4-6-15/h2-10H,11-13H2,1H3,(H,23,24). The van der Waals surface area contributed by atoms with Gasteiger partial charge in [0.2, 0.25) is 0 Å². The van der Waals surface area contributed by atoms with E-state index in [2.05, 4.69) is 26.2 Å². The number of hydrogen-bond donors (Lipinski definition) is 1. The van der Waals surface area contributed by atoms with Crippen molar-refractivity contribution < 1.29 is 14.3 Å². The predicted molar refractivity (Wildman–Crippen MR) is 114 cm³/mol. The predicted octanol–water partition coefficient (Wildman–Crippen LogP) is 5.73. The van der Waals surface area contributed by atoms with Gasteiger partial charge in [-0.2, -0.15) is 0 Å². The zero-order valence-corrected chi connectivity index (χ0v) is 17.7. The Bertz CT molecular complexity index is 969. The molecule has 0 aliphatic heterocycles. The van der Waals surface area contributed by atoms with Gasteiger partial charge < -0.3 is 14.8 Å². The van der Waals surface area contributed by atoms with Gasteiger partial charge in [0, 0.05) is 12.1 Å². The number of esters is 1. The Morgan fingerprint density at radius 3 is 2.46 bits per heavy atom. The van der Waals surface area contributed by atoms with Crippen molar-refractivity contribution in [2.75, 3.05) is 19.0 Å². The molecule has 0 unspecified atom stereocenters. The molecule has 0 amide bonds. The average Bonchev–Trinajstić information content (AvgIpc) is 3.43. The van der Waals surface area contributed by atoms with Gasteiger partial charge in [-0.05, 0) is 65.2 Å². The molecule has 0 atom stereocenters. The fraction of sp³-hybridized carbons (Fsp3) is 0.238. The molecule has 1 aromatic heterocycles. The number of anilines is 1. The number of methoxy groups -OCH3 is 1. The van der Waals surface area contributed by atoms with Crippen LogP contribution in [0.4, 0.5) is 5.13 Å². The van der Waals surface area contributed by atoms with Gasteiger partial charge >= 0.3 is 5.97 Å². The third-order valence-electron chi connectivity index (χ3n) is 4.74. The highest BCUT2D eigenvalue weighted by atomic mass is 79.9. The Morgan fingerprint density at radius 2 is 1.82 bits per heavy atom. The zero-order chi connectivity index (χ0) is 19.6. The highest BCUT2D eigenvalue weighted by Crippen LogP contribution is 2.47. The van der Waals surface area contributed by atoms with Gasteiger partial charge in [0.25, 0.3) is 0 Å². The lowest BCUT2D eigenvalue weighted by Gasteiger charge is -2.12. The van der Waals surface area contributed by atoms with Crippen molar-refractivity contribution in [3.63, 3.8) is 0 Å². The first-order valence-electron chi connectivity index (χ1n) is 8.92. The van der Waals surface area contributed by atoms with Crippen molar-refractivity contribution in [2.45, 2.75) is 12.8 Å². The second-order valence-electron chi connectivity index (χ2n) is 6.71. The molecule has 1 fully saturated rings. The normalized spacial score (nSPS) is 14.4. The minimum atomic E-state index is -0.385. The van der Waals surface area contributed by atoms with Crippen molar-refractivity contribution >= 4 is 38.4 Å². The van der Waals surface area contributed by atoms with E-state index in [1.807, 2.05) is 54.6 Å². The van der Waals surface area contributed by atoms with Crippen LogP contribution in [0.1, 0.15) is 12.8 Å². The summed E-state index contributed by atoms with van der Waals surface area (Å²) in [6.07, 6.45) is 1.71. The number of hydrogen-bond acceptors (Lipinski definition) is 6. The van der Waals surface area contributed by atoms with Crippen LogP contribution in [0.2, 0.25) is 0 Å². The molecule has 2 aromatic carbocycles. The fourth-order valence-corrected chi connectivity index (χ4v) is 4.41. The number of carbonyl (C=O) groups excluding carboxylic acids is 1. The van der Waals surface area contributed by atoms with Gasteiger partial charge in [-0.1, -0.05) is 29.5 Å². The Morgan fingerprint density at radius 1 is 1.14 bits per heavy atom. The first kappa shape index (κ1) is 19.0. The number of aromatic nitrogens is 1. The van der Waals surface area contributed by atoms with Crippen LogP contribution in [0.5, 0.6) is 11.5 Å². The Hall–Kier alpha value is -2.38. The van der Waals surface area contributed by atoms with Gasteiger partial charge in [-0.15, -0.1) is 0 Å². The molecule has 0 spiro atoms. The van der Waals surface area contributed by atoms with E-state index in [-0.39, 0.29) is 11.4 Å². The SMILES string of the molecule is COC(=O)C1(CNc2nc(-c3ccc(Oc4ccccc4)cc3)c(Br)s2)CC1. The summed E-state index contributed by atoms with van der Waals surface area (Å²) in [5.41, 5.74) is 1.47. The lowest BCUT2D eigenvalue weighted by atomic mass is 10.1. The zero-order valence-electron chi connectivity index (χ0n) is 15.3. The van der Waals surface area contributed by atoms with Gasteiger partial charge in [-0.25, -0.2) is 4.98 Å². The molecule has 28 heavy (non-hydrogen) atoms. The van der Waals surface area contributed by atoms with E-state index in [1.165, 1.54) is 18.4 Å². The Kier molecular flexibility index (Phi) is 5.37. The summed E-state index contributed by atoms with van der Waals surface area (Å²) in [6.45, 7) is 0.545. The van der Waals surface area contributed by atoms with E-state index in [0.717, 1.165) is 44.5 Å². The highest BCUT2D eigenvalue weighted by molar-refractivity contribution is 9.11. The second-order valence-corrected chi connectivity index (χ2v) is 9.02. The minimum absolute atomic E-state index is 0.148. The van der Waals surface area contributed by atoms with Crippen LogP contribution in [-0.2, 0) is 9.53 Å². The number of carbonyl (C=O) groups is 1. The molecule has 0 saturated heterocycles. The molecule has 1 saturated carbocycles. The van der Waals surface area contributed by atoms with Gasteiger partial charge in [-0.3, -0.25) is 4.79 Å². The van der Waals surface area contributed by atoms with Crippen LogP contribution in [0.25, 0.3) is 11.3 Å². The quantitative estimate of drug-likeness (QED) is 0.458. The summed E-state index contributed by atoms with van der Waals surface area (Å²) in [4.78, 5) is 16.6. The largest absolute Gasteiger partial charge is 0.469 e. The van der Waals surface area contributed by atoms with Crippen molar-refractivity contribution in [1.29, 1.82) is 0 Å². The fourth-order valence-electron chi connectivity index (χ4n) is 2.93. The van der Waals surface area contributed by atoms with Crippen LogP contribution >= 0.6 is 27.3 Å². The molecule has 1 N–H and O–H groups in total. The van der Waals surface area contributed by atoms with Gasteiger partial charge in [0.05, 0.1) is 22.0 Å². The molecule has 1 heterocycles. The van der Waals surface area contributed by atoms with E-state index < -0.39 is 0 Å². The summed E-state index contributed by atoms with van der Waals surface area (Å²) >= 11 is 5.11. The number of nitrogens with zero attached hydrogens (tertiary/aromatic N) is 1. The third-order valence-corrected chi connectivity index (χ3v) is 6.41. The van der Waals surface area contributed by atoms with Crippen molar-refractivity contribution in [3.05, 3.63) is 58.4 Å². The van der Waals surface area contributed by atoms with E-state index >= 15 is 0 Å². The van der Waals surface area contributed by atoms with Crippen LogP contribution in [0.3, 0.4) is 0 Å². The van der Waals surface area contributed by atoms with E-state index in [9.17, 15) is 4.79 Å². The molecule has 7 heteroatoms. The maximum absolute atomic E-state index is 11.9. The molecule has 1 aliphatic rings. The number of para-hydroxylation sites is 1. The first-order chi connectivity index (χ1) is 13.6. The first-order valence-corrected chi connectivity index (χ1v) is 10.5. The number of ether oxygens (including phenoxy) is 2. The monoisotopic (exact) mass is 458 g/mol. The Balaban J connectivity index is 1.44. The number of rotatable bonds is 7. The molecule has 5 nitrogen and oxygen atoms in total. The van der Waals surface area contributed by atoms with Gasteiger partial charge in [0.15, 0.2) is 5.13 Å². The molecule has 144 valence electrons. The van der Waals surface area contributed by atoms with E-state index in [1.54, 1.807) is 0 Å². The van der Waals surface area contributed by atoms with Crippen molar-refractivity contribution in [1.82, 2.24) is 4.98 Å². The maximum Gasteiger partial charge on any atom is 0.313 e. The molecule has 0 radical (unpaired) electrons. The topological polar surface area (TPSA) is 60.5 Å². The number of halogens is 1. The van der Waals surface area contributed by atoms with Crippen molar-refractivity contribution in [3.8, 4) is 22.8 Å². The van der Waals surface area contributed by atoms with Crippen LogP contribution in [-0.4, -0.2) is 24.6 Å². The maximum atomic E-state index is 11.9. The smallest absolute Gasteiger partial charge is 0.313 e. The lowest BCUT2D eigenvalue weighted by Crippen LogP contribution is -2.25. The number of thiazole rings is 1. The third kappa shape index (κ3) is 4.05. The molecular formula is C21H19BrN2O3S. The molecule has 0 bridgehead atoms. The number of benzene rings is 2. The lowest BCUT2D eigenvalue weighted by molar-refractivity contribution is -0.146. The molecular weight excluding hydrogens is 440 g/mol. The number of nitrogens with one attached hydrogen (secondary N) is 1. The second kappa shape index (κ2) is 7.93. The van der Waals surface area contributed by atoms with E-state index in [0.29, 0.717) is 6.54 Å². The summed E-state index contributed by atoms with van der Waals surface area (Å²) in [5.74, 6) is 1.43.